The van der Waals surface area contributed by atoms with Gasteiger partial charge >= 0.3 is 17.9 Å². The fourth-order valence-corrected chi connectivity index (χ4v) is 9.50. The number of ether oxygens (including phenoxy) is 3. The first-order valence-corrected chi connectivity index (χ1v) is 32.8. The quantitative estimate of drug-likeness (QED) is 0.0261. The van der Waals surface area contributed by atoms with Gasteiger partial charge in [-0.3, -0.25) is 14.4 Å². The van der Waals surface area contributed by atoms with E-state index in [9.17, 15) is 14.4 Å². The average Bonchev–Trinajstić information content (AvgIpc) is 3.41. The molecule has 0 radical (unpaired) electrons. The molecule has 0 aromatic carbocycles. The molecule has 0 bridgehead atoms. The highest BCUT2D eigenvalue weighted by Crippen LogP contribution is 2.17. The number of allylic oxidation sites excluding steroid dienone is 10. The highest BCUT2D eigenvalue weighted by molar-refractivity contribution is 5.71. The predicted octanol–water partition coefficient (Wildman–Crippen LogP) is 22.3. The minimum atomic E-state index is -0.782. The SMILES string of the molecule is CCCCC/C=C\C/C=C\CCCCCCCCCCCC(=O)OC(COC(=O)CCCCCCCCC/C=C\C/C=C\CCCCC)COC(=O)CCCCCCCCCCC/C=C\CCCCCCCCCC. The third-order valence-electron chi connectivity index (χ3n) is 14.5. The largest absolute Gasteiger partial charge is 0.462 e. The average molecular weight is 1050 g/mol. The summed E-state index contributed by atoms with van der Waals surface area (Å²) in [6, 6.07) is 0. The summed E-state index contributed by atoms with van der Waals surface area (Å²) in [4.78, 5) is 38.4. The Bertz CT molecular complexity index is 1340. The molecule has 0 fully saturated rings. The van der Waals surface area contributed by atoms with Crippen LogP contribution in [0, 0.1) is 0 Å². The van der Waals surface area contributed by atoms with E-state index in [1.165, 1.54) is 225 Å². The molecule has 6 nitrogen and oxygen atoms in total. The molecule has 0 spiro atoms. The molecule has 6 heteroatoms. The van der Waals surface area contributed by atoms with E-state index in [1.54, 1.807) is 0 Å². The van der Waals surface area contributed by atoms with E-state index in [0.29, 0.717) is 19.3 Å². The summed E-state index contributed by atoms with van der Waals surface area (Å²) in [6.45, 7) is 6.63. The fraction of sp³-hybridized carbons (Fsp3) is 0.812. The van der Waals surface area contributed by atoms with Crippen LogP contribution < -0.4 is 0 Å². The maximum absolute atomic E-state index is 12.9. The number of carbonyl (C=O) groups excluding carboxylic acids is 3. The first-order chi connectivity index (χ1) is 37.0. The summed E-state index contributed by atoms with van der Waals surface area (Å²) in [5.41, 5.74) is 0. The second-order valence-corrected chi connectivity index (χ2v) is 22.0. The predicted molar refractivity (Wildman–Crippen MR) is 325 cm³/mol. The zero-order valence-electron chi connectivity index (χ0n) is 50.1. The lowest BCUT2D eigenvalue weighted by molar-refractivity contribution is -0.167. The van der Waals surface area contributed by atoms with E-state index < -0.39 is 6.10 Å². The van der Waals surface area contributed by atoms with Crippen LogP contribution in [0.2, 0.25) is 0 Å². The first-order valence-electron chi connectivity index (χ1n) is 32.8. The van der Waals surface area contributed by atoms with Crippen LogP contribution in [0.15, 0.2) is 60.8 Å². The van der Waals surface area contributed by atoms with Gasteiger partial charge in [0, 0.05) is 19.3 Å². The third kappa shape index (κ3) is 61.8. The lowest BCUT2D eigenvalue weighted by Gasteiger charge is -2.18. The molecule has 0 aliphatic rings. The summed E-state index contributed by atoms with van der Waals surface area (Å²) in [5, 5.41) is 0. The van der Waals surface area contributed by atoms with E-state index in [4.69, 9.17) is 14.2 Å². The Labute approximate surface area is 466 Å². The van der Waals surface area contributed by atoms with Gasteiger partial charge in [-0.15, -0.1) is 0 Å². The van der Waals surface area contributed by atoms with E-state index in [0.717, 1.165) is 77.0 Å². The molecule has 436 valence electrons. The van der Waals surface area contributed by atoms with Crippen LogP contribution in [0.1, 0.15) is 342 Å². The van der Waals surface area contributed by atoms with Crippen LogP contribution in [0.25, 0.3) is 0 Å². The number of unbranched alkanes of at least 4 members (excludes halogenated alkanes) is 39. The maximum Gasteiger partial charge on any atom is 0.306 e. The van der Waals surface area contributed by atoms with Gasteiger partial charge in [0.1, 0.15) is 13.2 Å². The van der Waals surface area contributed by atoms with Gasteiger partial charge in [-0.2, -0.15) is 0 Å². The number of hydrogen-bond donors (Lipinski definition) is 0. The molecule has 0 saturated heterocycles. The molecule has 0 aliphatic heterocycles. The van der Waals surface area contributed by atoms with Crippen molar-refractivity contribution in [2.24, 2.45) is 0 Å². The Kier molecular flexibility index (Phi) is 61.2. The van der Waals surface area contributed by atoms with Gasteiger partial charge in [0.25, 0.3) is 0 Å². The van der Waals surface area contributed by atoms with Crippen LogP contribution >= 0.6 is 0 Å². The zero-order valence-corrected chi connectivity index (χ0v) is 50.1. The summed E-state index contributed by atoms with van der Waals surface area (Å²) < 4.78 is 17.0. The van der Waals surface area contributed by atoms with Crippen molar-refractivity contribution in [1.82, 2.24) is 0 Å². The summed E-state index contributed by atoms with van der Waals surface area (Å²) in [6.07, 6.45) is 80.8. The standard InChI is InChI=1S/C69H124O6/c1-4-7-10-13-16-19-22-25-28-31-33-34-36-38-41-44-47-50-53-56-59-62-68(71)74-65-66(64-73-67(70)61-58-55-52-49-46-43-40-37-30-27-24-21-18-15-12-9-6-3)75-69(72)63-60-57-54-51-48-45-42-39-35-32-29-26-23-20-17-14-11-8-5-2/h17-18,20-21,26-27,29-31,33,66H,4-16,19,22-25,28,32,34-65H2,1-3H3/b20-17-,21-18-,29-26-,30-27-,33-31-. The van der Waals surface area contributed by atoms with Crippen LogP contribution in [0.5, 0.6) is 0 Å². The Balaban J connectivity index is 4.36. The fourth-order valence-electron chi connectivity index (χ4n) is 9.50. The second kappa shape index (κ2) is 63.6. The first kappa shape index (κ1) is 72.1. The zero-order chi connectivity index (χ0) is 54.3. The van der Waals surface area contributed by atoms with Crippen molar-refractivity contribution in [2.45, 2.75) is 348 Å². The maximum atomic E-state index is 12.9. The van der Waals surface area contributed by atoms with Crippen molar-refractivity contribution in [2.75, 3.05) is 13.2 Å². The molecule has 75 heavy (non-hydrogen) atoms. The molecule has 0 aromatic rings. The van der Waals surface area contributed by atoms with Crippen molar-refractivity contribution < 1.29 is 28.6 Å². The highest BCUT2D eigenvalue weighted by atomic mass is 16.6. The smallest absolute Gasteiger partial charge is 0.306 e. The number of rotatable bonds is 60. The van der Waals surface area contributed by atoms with Crippen molar-refractivity contribution in [3.63, 3.8) is 0 Å². The van der Waals surface area contributed by atoms with Gasteiger partial charge in [-0.1, -0.05) is 274 Å². The Morgan fingerprint density at radius 1 is 0.267 bits per heavy atom. The minimum absolute atomic E-state index is 0.0777. The van der Waals surface area contributed by atoms with Gasteiger partial charge in [0.15, 0.2) is 6.10 Å². The van der Waals surface area contributed by atoms with Gasteiger partial charge in [0.2, 0.25) is 0 Å². The number of esters is 3. The van der Waals surface area contributed by atoms with E-state index in [-0.39, 0.29) is 31.1 Å². The van der Waals surface area contributed by atoms with Crippen LogP contribution in [-0.4, -0.2) is 37.2 Å². The summed E-state index contributed by atoms with van der Waals surface area (Å²) in [5.74, 6) is -0.874. The minimum Gasteiger partial charge on any atom is -0.462 e. The van der Waals surface area contributed by atoms with Crippen molar-refractivity contribution in [3.05, 3.63) is 60.8 Å². The van der Waals surface area contributed by atoms with E-state index in [1.807, 2.05) is 0 Å². The molecule has 0 heterocycles. The molecule has 0 N–H and O–H groups in total. The van der Waals surface area contributed by atoms with Crippen molar-refractivity contribution in [1.29, 1.82) is 0 Å². The number of carbonyl (C=O) groups is 3. The van der Waals surface area contributed by atoms with Crippen LogP contribution in [0.4, 0.5) is 0 Å². The normalized spacial score (nSPS) is 12.4. The highest BCUT2D eigenvalue weighted by Gasteiger charge is 2.19. The van der Waals surface area contributed by atoms with Crippen molar-refractivity contribution >= 4 is 17.9 Å². The Hall–Kier alpha value is -2.89. The summed E-state index contributed by atoms with van der Waals surface area (Å²) in [7, 11) is 0. The van der Waals surface area contributed by atoms with Gasteiger partial charge in [-0.05, 0) is 109 Å². The molecule has 1 unspecified atom stereocenters. The van der Waals surface area contributed by atoms with Gasteiger partial charge in [0.05, 0.1) is 0 Å². The van der Waals surface area contributed by atoms with E-state index >= 15 is 0 Å². The van der Waals surface area contributed by atoms with Crippen molar-refractivity contribution in [3.8, 4) is 0 Å². The van der Waals surface area contributed by atoms with Crippen LogP contribution in [0.3, 0.4) is 0 Å². The lowest BCUT2D eigenvalue weighted by Crippen LogP contribution is -2.30. The second-order valence-electron chi connectivity index (χ2n) is 22.0. The topological polar surface area (TPSA) is 78.9 Å². The molecular formula is C69H124O6. The molecule has 0 rings (SSSR count). The molecule has 0 saturated carbocycles. The van der Waals surface area contributed by atoms with E-state index in [2.05, 4.69) is 81.5 Å². The Morgan fingerprint density at radius 3 is 0.773 bits per heavy atom. The molecular weight excluding hydrogens is 925 g/mol. The number of hydrogen-bond acceptors (Lipinski definition) is 6. The monoisotopic (exact) mass is 1050 g/mol. The van der Waals surface area contributed by atoms with Gasteiger partial charge in [-0.25, -0.2) is 0 Å². The third-order valence-corrected chi connectivity index (χ3v) is 14.5. The van der Waals surface area contributed by atoms with Gasteiger partial charge < -0.3 is 14.2 Å². The van der Waals surface area contributed by atoms with Crippen LogP contribution in [-0.2, 0) is 28.6 Å². The Morgan fingerprint density at radius 2 is 0.480 bits per heavy atom. The molecule has 0 aliphatic carbocycles. The molecule has 1 atom stereocenters. The molecule has 0 aromatic heterocycles. The summed E-state index contributed by atoms with van der Waals surface area (Å²) >= 11 is 0. The molecule has 0 amide bonds. The lowest BCUT2D eigenvalue weighted by atomic mass is 10.1.